The Bertz CT molecular complexity index is 697. The van der Waals surface area contributed by atoms with E-state index in [-0.39, 0.29) is 17.6 Å². The first kappa shape index (κ1) is 18.1. The van der Waals surface area contributed by atoms with Crippen molar-refractivity contribution in [3.63, 3.8) is 0 Å². The Morgan fingerprint density at radius 1 is 1.21 bits per heavy atom. The molecule has 0 bridgehead atoms. The van der Waals surface area contributed by atoms with Crippen LogP contribution in [0.5, 0.6) is 0 Å². The van der Waals surface area contributed by atoms with Gasteiger partial charge in [-0.2, -0.15) is 0 Å². The maximum absolute atomic E-state index is 12.8. The molecule has 1 N–H and O–H groups in total. The van der Waals surface area contributed by atoms with Crippen molar-refractivity contribution in [3.8, 4) is 0 Å². The monoisotopic (exact) mass is 348 g/mol. The van der Waals surface area contributed by atoms with Crippen LogP contribution in [0.2, 0.25) is 0 Å². The Kier molecular flexibility index (Phi) is 6.49. The number of halogens is 1. The third-order valence-corrected chi connectivity index (χ3v) is 4.74. The van der Waals surface area contributed by atoms with Gasteiger partial charge in [0.15, 0.2) is 0 Å². The van der Waals surface area contributed by atoms with Gasteiger partial charge in [-0.3, -0.25) is 9.59 Å². The summed E-state index contributed by atoms with van der Waals surface area (Å²) in [5.41, 5.74) is 1.61. The van der Waals surface area contributed by atoms with Crippen molar-refractivity contribution >= 4 is 23.2 Å². The molecule has 4 nitrogen and oxygen atoms in total. The zero-order valence-electron chi connectivity index (χ0n) is 13.8. The second kappa shape index (κ2) is 8.59. The Labute approximate surface area is 145 Å². The zero-order chi connectivity index (χ0) is 17.5. The molecule has 0 spiro atoms. The lowest BCUT2D eigenvalue weighted by Crippen LogP contribution is -2.28. The van der Waals surface area contributed by atoms with Gasteiger partial charge in [0.2, 0.25) is 5.91 Å². The van der Waals surface area contributed by atoms with Crippen molar-refractivity contribution < 1.29 is 14.0 Å². The van der Waals surface area contributed by atoms with Crippen molar-refractivity contribution in [3.05, 3.63) is 57.5 Å². The number of hydrogen-bond donors (Lipinski definition) is 1. The van der Waals surface area contributed by atoms with E-state index in [0.29, 0.717) is 31.5 Å². The van der Waals surface area contributed by atoms with Crippen LogP contribution in [-0.2, 0) is 11.3 Å². The molecular weight excluding hydrogens is 327 g/mol. The summed E-state index contributed by atoms with van der Waals surface area (Å²) in [5.74, 6) is -0.579. The fourth-order valence-electron chi connectivity index (χ4n) is 2.21. The zero-order valence-corrected chi connectivity index (χ0v) is 14.7. The predicted molar refractivity (Wildman–Crippen MR) is 93.5 cm³/mol. The van der Waals surface area contributed by atoms with E-state index in [1.165, 1.54) is 34.7 Å². The van der Waals surface area contributed by atoms with Gasteiger partial charge in [0.05, 0.1) is 6.54 Å². The van der Waals surface area contributed by atoms with Gasteiger partial charge in [0, 0.05) is 30.5 Å². The number of carbonyl (C=O) groups is 2. The Hall–Kier alpha value is -2.21. The first-order chi connectivity index (χ1) is 11.5. The van der Waals surface area contributed by atoms with E-state index < -0.39 is 0 Å². The van der Waals surface area contributed by atoms with E-state index in [1.807, 2.05) is 18.4 Å². The normalized spacial score (nSPS) is 10.5. The molecular formula is C18H21FN2O2S. The molecule has 0 unspecified atom stereocenters. The second-order valence-corrected chi connectivity index (χ2v) is 6.64. The van der Waals surface area contributed by atoms with E-state index >= 15 is 0 Å². The highest BCUT2D eigenvalue weighted by atomic mass is 32.1. The van der Waals surface area contributed by atoms with Crippen LogP contribution in [0, 0.1) is 12.7 Å². The summed E-state index contributed by atoms with van der Waals surface area (Å²) in [4.78, 5) is 26.9. The van der Waals surface area contributed by atoms with Crippen molar-refractivity contribution in [1.82, 2.24) is 10.2 Å². The molecule has 0 aliphatic heterocycles. The first-order valence-corrected chi connectivity index (χ1v) is 8.66. The van der Waals surface area contributed by atoms with Crippen LogP contribution in [0.3, 0.4) is 0 Å². The molecule has 0 aliphatic rings. The standard InChI is InChI=1S/C18H21FN2O2S/c1-13-9-11-24-16(13)12-21(2)17(22)4-3-10-20-18(23)14-5-7-15(19)8-6-14/h5-9,11H,3-4,10,12H2,1-2H3,(H,20,23). The van der Waals surface area contributed by atoms with Crippen LogP contribution < -0.4 is 5.32 Å². The van der Waals surface area contributed by atoms with E-state index in [0.717, 1.165) is 0 Å². The molecule has 0 radical (unpaired) electrons. The van der Waals surface area contributed by atoms with Crippen LogP contribution in [0.4, 0.5) is 4.39 Å². The third-order valence-electron chi connectivity index (χ3n) is 3.73. The number of rotatable bonds is 7. The molecule has 1 aromatic carbocycles. The number of amides is 2. The lowest BCUT2D eigenvalue weighted by atomic mass is 10.2. The summed E-state index contributed by atoms with van der Waals surface area (Å²) in [7, 11) is 1.79. The van der Waals surface area contributed by atoms with Gasteiger partial charge in [-0.15, -0.1) is 11.3 Å². The van der Waals surface area contributed by atoms with E-state index in [1.54, 1.807) is 23.3 Å². The smallest absolute Gasteiger partial charge is 0.251 e. The van der Waals surface area contributed by atoms with Crippen molar-refractivity contribution in [2.75, 3.05) is 13.6 Å². The minimum Gasteiger partial charge on any atom is -0.352 e. The summed E-state index contributed by atoms with van der Waals surface area (Å²) >= 11 is 1.65. The number of nitrogens with one attached hydrogen (secondary N) is 1. The van der Waals surface area contributed by atoms with Crippen molar-refractivity contribution in [2.45, 2.75) is 26.3 Å². The Morgan fingerprint density at radius 3 is 2.54 bits per heavy atom. The molecule has 0 atom stereocenters. The van der Waals surface area contributed by atoms with Gasteiger partial charge in [-0.05, 0) is 54.6 Å². The van der Waals surface area contributed by atoms with Crippen molar-refractivity contribution in [2.24, 2.45) is 0 Å². The van der Waals surface area contributed by atoms with Crippen molar-refractivity contribution in [1.29, 1.82) is 0 Å². The van der Waals surface area contributed by atoms with Gasteiger partial charge >= 0.3 is 0 Å². The topological polar surface area (TPSA) is 49.4 Å². The van der Waals surface area contributed by atoms with Crippen LogP contribution in [0.15, 0.2) is 35.7 Å². The average Bonchev–Trinajstić information content (AvgIpc) is 2.96. The Balaban J connectivity index is 1.69. The highest BCUT2D eigenvalue weighted by Gasteiger charge is 2.11. The predicted octanol–water partition coefficient (Wildman–Crippen LogP) is 3.36. The minimum atomic E-state index is -0.374. The summed E-state index contributed by atoms with van der Waals surface area (Å²) < 4.78 is 12.8. The summed E-state index contributed by atoms with van der Waals surface area (Å²) in [6.45, 7) is 3.06. The number of thiophene rings is 1. The lowest BCUT2D eigenvalue weighted by Gasteiger charge is -2.17. The molecule has 0 saturated carbocycles. The molecule has 6 heteroatoms. The fourth-order valence-corrected chi connectivity index (χ4v) is 3.16. The van der Waals surface area contributed by atoms with Gasteiger partial charge in [-0.25, -0.2) is 4.39 Å². The van der Waals surface area contributed by atoms with Crippen LogP contribution in [-0.4, -0.2) is 30.3 Å². The van der Waals surface area contributed by atoms with E-state index in [4.69, 9.17) is 0 Å². The number of hydrogen-bond acceptors (Lipinski definition) is 3. The van der Waals surface area contributed by atoms with Gasteiger partial charge in [0.25, 0.3) is 5.91 Å². The number of carbonyl (C=O) groups excluding carboxylic acids is 2. The third kappa shape index (κ3) is 5.16. The fraction of sp³-hybridized carbons (Fsp3) is 0.333. The number of aryl methyl sites for hydroxylation is 1. The maximum Gasteiger partial charge on any atom is 0.251 e. The van der Waals surface area contributed by atoms with Gasteiger partial charge in [-0.1, -0.05) is 0 Å². The molecule has 1 aromatic heterocycles. The summed E-state index contributed by atoms with van der Waals surface area (Å²) in [6.07, 6.45) is 0.949. The molecule has 2 aromatic rings. The molecule has 0 fully saturated rings. The first-order valence-electron chi connectivity index (χ1n) is 7.78. The van der Waals surface area contributed by atoms with Gasteiger partial charge in [0.1, 0.15) is 5.82 Å². The molecule has 0 aliphatic carbocycles. The molecule has 128 valence electrons. The minimum absolute atomic E-state index is 0.0545. The number of benzene rings is 1. The summed E-state index contributed by atoms with van der Waals surface area (Å²) in [5, 5.41) is 4.76. The average molecular weight is 348 g/mol. The molecule has 0 saturated heterocycles. The molecule has 2 amide bonds. The molecule has 24 heavy (non-hydrogen) atoms. The van der Waals surface area contributed by atoms with E-state index in [2.05, 4.69) is 5.32 Å². The molecule has 2 rings (SSSR count). The highest BCUT2D eigenvalue weighted by molar-refractivity contribution is 7.10. The second-order valence-electron chi connectivity index (χ2n) is 5.64. The molecule has 1 heterocycles. The lowest BCUT2D eigenvalue weighted by molar-refractivity contribution is -0.130. The number of nitrogens with zero attached hydrogens (tertiary/aromatic N) is 1. The quantitative estimate of drug-likeness (QED) is 0.780. The van der Waals surface area contributed by atoms with E-state index in [9.17, 15) is 14.0 Å². The summed E-state index contributed by atoms with van der Waals surface area (Å²) in [6, 6.07) is 7.42. The Morgan fingerprint density at radius 2 is 1.92 bits per heavy atom. The van der Waals surface area contributed by atoms with Crippen LogP contribution in [0.1, 0.15) is 33.6 Å². The maximum atomic E-state index is 12.8. The largest absolute Gasteiger partial charge is 0.352 e. The highest BCUT2D eigenvalue weighted by Crippen LogP contribution is 2.17. The van der Waals surface area contributed by atoms with Crippen LogP contribution >= 0.6 is 11.3 Å². The van der Waals surface area contributed by atoms with Crippen LogP contribution in [0.25, 0.3) is 0 Å². The SMILES string of the molecule is Cc1ccsc1CN(C)C(=O)CCCNC(=O)c1ccc(F)cc1. The van der Waals surface area contributed by atoms with Gasteiger partial charge < -0.3 is 10.2 Å².